The minimum Gasteiger partial charge on any atom is -0.308 e. The monoisotopic (exact) mass is 413 g/mol. The van der Waals surface area contributed by atoms with Gasteiger partial charge in [0.1, 0.15) is 0 Å². The van der Waals surface area contributed by atoms with Gasteiger partial charge in [-0.15, -0.1) is 0 Å². The summed E-state index contributed by atoms with van der Waals surface area (Å²) >= 11 is 7.16. The van der Waals surface area contributed by atoms with Crippen molar-refractivity contribution in [3.05, 3.63) is 87.4 Å². The molecule has 0 aromatic heterocycles. The second-order valence-corrected chi connectivity index (χ2v) is 7.43. The zero-order chi connectivity index (χ0) is 20.1. The van der Waals surface area contributed by atoms with Crippen LogP contribution in [0.3, 0.4) is 0 Å². The van der Waals surface area contributed by atoms with Crippen molar-refractivity contribution in [1.82, 2.24) is 0 Å². The molecule has 0 saturated heterocycles. The predicted octanol–water partition coefficient (Wildman–Crippen LogP) is 6.35. The maximum atomic E-state index is 12.3. The summed E-state index contributed by atoms with van der Waals surface area (Å²) in [4.78, 5) is 24.2. The number of para-hydroxylation sites is 1. The number of halogens is 1. The Kier molecular flexibility index (Phi) is 6.18. The van der Waals surface area contributed by atoms with E-state index < -0.39 is 11.0 Å². The maximum absolute atomic E-state index is 12.3. The summed E-state index contributed by atoms with van der Waals surface area (Å²) in [6.07, 6.45) is 0. The Morgan fingerprint density at radius 1 is 1.00 bits per heavy atom. The van der Waals surface area contributed by atoms with Crippen molar-refractivity contribution in [2.24, 2.45) is 0 Å². The quantitative estimate of drug-likeness (QED) is 0.377. The lowest BCUT2D eigenvalue weighted by molar-refractivity contribution is -0.387. The number of carbonyl (C=O) groups excluding carboxylic acids is 1. The van der Waals surface area contributed by atoms with Gasteiger partial charge in [-0.3, -0.25) is 10.1 Å². The first-order valence-electron chi connectivity index (χ1n) is 8.28. The zero-order valence-electron chi connectivity index (χ0n) is 14.8. The van der Waals surface area contributed by atoms with Gasteiger partial charge in [0.25, 0.3) is 5.69 Å². The summed E-state index contributed by atoms with van der Waals surface area (Å²) in [6, 6.07) is 18.5. The molecule has 0 aliphatic carbocycles. The molecule has 2 amide bonds. The number of nitrogens with one attached hydrogen (secondary N) is 2. The molecular weight excluding hydrogens is 398 g/mol. The number of nitro groups is 1. The summed E-state index contributed by atoms with van der Waals surface area (Å²) in [5, 5.41) is 17.2. The lowest BCUT2D eigenvalue weighted by Gasteiger charge is -2.12. The Bertz CT molecular complexity index is 1030. The van der Waals surface area contributed by atoms with Gasteiger partial charge in [0.05, 0.1) is 15.5 Å². The Labute approximate surface area is 171 Å². The summed E-state index contributed by atoms with van der Waals surface area (Å²) in [5.41, 5.74) is 2.24. The lowest BCUT2D eigenvalue weighted by Crippen LogP contribution is -2.19. The van der Waals surface area contributed by atoms with Crippen LogP contribution in [-0.2, 0) is 0 Å². The average molecular weight is 414 g/mol. The zero-order valence-corrected chi connectivity index (χ0v) is 16.4. The average Bonchev–Trinajstić information content (AvgIpc) is 2.65. The fourth-order valence-corrected chi connectivity index (χ4v) is 3.70. The van der Waals surface area contributed by atoms with Crippen molar-refractivity contribution in [3.63, 3.8) is 0 Å². The van der Waals surface area contributed by atoms with Crippen LogP contribution in [0, 0.1) is 17.0 Å². The highest BCUT2D eigenvalue weighted by molar-refractivity contribution is 7.99. The summed E-state index contributed by atoms with van der Waals surface area (Å²) in [5.74, 6) is 0. The van der Waals surface area contributed by atoms with Gasteiger partial charge in [0.15, 0.2) is 0 Å². The van der Waals surface area contributed by atoms with Crippen molar-refractivity contribution in [2.75, 3.05) is 10.6 Å². The standard InChI is InChI=1S/C20H16ClN3O3S/c1-13-6-9-15(10-7-13)22-20(25)23-16-4-2-3-5-18(16)28-19-12-14(21)8-11-17(19)24(26)27/h2-12H,1H3,(H2,22,23,25). The van der Waals surface area contributed by atoms with Gasteiger partial charge in [-0.1, -0.05) is 53.2 Å². The van der Waals surface area contributed by atoms with Gasteiger partial charge in [-0.25, -0.2) is 4.79 Å². The first kappa shape index (κ1) is 19.7. The number of aryl methyl sites for hydroxylation is 1. The van der Waals surface area contributed by atoms with Crippen molar-refractivity contribution in [3.8, 4) is 0 Å². The van der Waals surface area contributed by atoms with Gasteiger partial charge in [-0.05, 0) is 43.3 Å². The third-order valence-corrected chi connectivity index (χ3v) is 5.14. The van der Waals surface area contributed by atoms with Gasteiger partial charge in [-0.2, -0.15) is 0 Å². The predicted molar refractivity (Wildman–Crippen MR) is 112 cm³/mol. The highest BCUT2D eigenvalue weighted by Gasteiger charge is 2.17. The first-order chi connectivity index (χ1) is 13.4. The Morgan fingerprint density at radius 3 is 2.43 bits per heavy atom. The van der Waals surface area contributed by atoms with E-state index in [9.17, 15) is 14.9 Å². The van der Waals surface area contributed by atoms with Gasteiger partial charge in [0, 0.05) is 21.7 Å². The van der Waals surface area contributed by atoms with Gasteiger partial charge < -0.3 is 10.6 Å². The molecule has 0 bridgehead atoms. The van der Waals surface area contributed by atoms with E-state index in [-0.39, 0.29) is 5.69 Å². The maximum Gasteiger partial charge on any atom is 0.323 e. The number of benzene rings is 3. The molecule has 0 unspecified atom stereocenters. The second-order valence-electron chi connectivity index (χ2n) is 5.91. The van der Waals surface area contributed by atoms with Gasteiger partial charge >= 0.3 is 6.03 Å². The number of nitro benzene ring substituents is 1. The van der Waals surface area contributed by atoms with E-state index in [1.807, 2.05) is 31.2 Å². The van der Waals surface area contributed by atoms with Gasteiger partial charge in [0.2, 0.25) is 0 Å². The second kappa shape index (κ2) is 8.77. The molecule has 0 aliphatic heterocycles. The van der Waals surface area contributed by atoms with Crippen LogP contribution >= 0.6 is 23.4 Å². The van der Waals surface area contributed by atoms with Crippen LogP contribution in [0.4, 0.5) is 21.9 Å². The SMILES string of the molecule is Cc1ccc(NC(=O)Nc2ccccc2Sc2cc(Cl)ccc2[N+](=O)[O-])cc1. The highest BCUT2D eigenvalue weighted by atomic mass is 35.5. The fraction of sp³-hybridized carbons (Fsp3) is 0.0500. The number of urea groups is 1. The molecule has 0 heterocycles. The Balaban J connectivity index is 1.80. The number of hydrogen-bond acceptors (Lipinski definition) is 4. The smallest absolute Gasteiger partial charge is 0.308 e. The summed E-state index contributed by atoms with van der Waals surface area (Å²) in [7, 11) is 0. The van der Waals surface area contributed by atoms with Crippen LogP contribution in [0.1, 0.15) is 5.56 Å². The topological polar surface area (TPSA) is 84.3 Å². The van der Waals surface area contributed by atoms with Crippen LogP contribution in [0.2, 0.25) is 5.02 Å². The van der Waals surface area contributed by atoms with E-state index in [2.05, 4.69) is 10.6 Å². The molecule has 8 heteroatoms. The molecule has 0 fully saturated rings. The third kappa shape index (κ3) is 5.03. The highest BCUT2D eigenvalue weighted by Crippen LogP contribution is 2.39. The minimum atomic E-state index is -0.460. The Morgan fingerprint density at radius 2 is 1.71 bits per heavy atom. The molecule has 0 spiro atoms. The van der Waals surface area contributed by atoms with Crippen molar-refractivity contribution in [1.29, 1.82) is 0 Å². The van der Waals surface area contributed by atoms with E-state index in [0.717, 1.165) is 17.3 Å². The molecule has 0 radical (unpaired) electrons. The van der Waals surface area contributed by atoms with E-state index in [1.54, 1.807) is 24.3 Å². The van der Waals surface area contributed by atoms with E-state index in [1.165, 1.54) is 18.2 Å². The van der Waals surface area contributed by atoms with Crippen LogP contribution < -0.4 is 10.6 Å². The van der Waals surface area contributed by atoms with Crippen molar-refractivity contribution in [2.45, 2.75) is 16.7 Å². The van der Waals surface area contributed by atoms with E-state index in [4.69, 9.17) is 11.6 Å². The third-order valence-electron chi connectivity index (χ3n) is 3.78. The molecule has 3 aromatic carbocycles. The van der Waals surface area contributed by atoms with Crippen molar-refractivity contribution < 1.29 is 9.72 Å². The van der Waals surface area contributed by atoms with Crippen molar-refractivity contribution >= 4 is 46.5 Å². The number of rotatable bonds is 5. The summed E-state index contributed by atoms with van der Waals surface area (Å²) < 4.78 is 0. The minimum absolute atomic E-state index is 0.0479. The molecule has 2 N–H and O–H groups in total. The molecular formula is C20H16ClN3O3S. The van der Waals surface area contributed by atoms with Crippen LogP contribution in [0.15, 0.2) is 76.5 Å². The van der Waals surface area contributed by atoms with Crippen LogP contribution in [-0.4, -0.2) is 11.0 Å². The molecule has 142 valence electrons. The first-order valence-corrected chi connectivity index (χ1v) is 9.47. The number of hydrogen-bond donors (Lipinski definition) is 2. The number of carbonyl (C=O) groups is 1. The number of amides is 2. The molecule has 3 aromatic rings. The van der Waals surface area contributed by atoms with Crippen LogP contribution in [0.25, 0.3) is 0 Å². The molecule has 0 saturated carbocycles. The number of anilines is 2. The Hall–Kier alpha value is -3.03. The molecule has 3 rings (SSSR count). The van der Waals surface area contributed by atoms with E-state index >= 15 is 0 Å². The molecule has 0 atom stereocenters. The largest absolute Gasteiger partial charge is 0.323 e. The van der Waals surface area contributed by atoms with Crippen LogP contribution in [0.5, 0.6) is 0 Å². The number of nitrogens with zero attached hydrogens (tertiary/aromatic N) is 1. The molecule has 6 nitrogen and oxygen atoms in total. The normalized spacial score (nSPS) is 10.4. The fourth-order valence-electron chi connectivity index (χ4n) is 2.42. The summed E-state index contributed by atoms with van der Waals surface area (Å²) in [6.45, 7) is 1.96. The lowest BCUT2D eigenvalue weighted by atomic mass is 10.2. The molecule has 0 aliphatic rings. The molecule has 28 heavy (non-hydrogen) atoms. The van der Waals surface area contributed by atoms with E-state index in [0.29, 0.717) is 26.2 Å².